The number of carbonyl (C=O) groups is 1. The van der Waals surface area contributed by atoms with Crippen molar-refractivity contribution in [2.75, 3.05) is 7.11 Å². The van der Waals surface area contributed by atoms with Gasteiger partial charge in [-0.15, -0.1) is 0 Å². The van der Waals surface area contributed by atoms with Crippen LogP contribution in [0.1, 0.15) is 18.1 Å². The zero-order valence-electron chi connectivity index (χ0n) is 9.19. The second kappa shape index (κ2) is 5.51. The van der Waals surface area contributed by atoms with E-state index in [-0.39, 0.29) is 5.97 Å². The van der Waals surface area contributed by atoms with Crippen molar-refractivity contribution in [3.63, 3.8) is 0 Å². The molecule has 0 saturated heterocycles. The topological polar surface area (TPSA) is 52.3 Å². The number of benzene rings is 1. The fourth-order valence-electron chi connectivity index (χ4n) is 1.47. The predicted octanol–water partition coefficient (Wildman–Crippen LogP) is 1.29. The second-order valence-corrected chi connectivity index (χ2v) is 3.51. The first-order chi connectivity index (χ1) is 7.17. The summed E-state index contributed by atoms with van der Waals surface area (Å²) in [7, 11) is 1.35. The van der Waals surface area contributed by atoms with Crippen LogP contribution in [0.2, 0.25) is 0 Å². The minimum absolute atomic E-state index is 0.364. The highest BCUT2D eigenvalue weighted by molar-refractivity contribution is 5.75. The van der Waals surface area contributed by atoms with Crippen LogP contribution in [0.3, 0.4) is 0 Å². The van der Waals surface area contributed by atoms with Crippen molar-refractivity contribution in [2.45, 2.75) is 25.8 Å². The highest BCUT2D eigenvalue weighted by Crippen LogP contribution is 2.08. The molecule has 0 spiro atoms. The van der Waals surface area contributed by atoms with E-state index in [9.17, 15) is 4.79 Å². The molecule has 0 heterocycles. The summed E-state index contributed by atoms with van der Waals surface area (Å²) >= 11 is 0. The molecule has 0 aliphatic rings. The lowest BCUT2D eigenvalue weighted by Gasteiger charge is -2.09. The van der Waals surface area contributed by atoms with Crippen molar-refractivity contribution in [3.05, 3.63) is 35.4 Å². The van der Waals surface area contributed by atoms with Gasteiger partial charge in [0.2, 0.25) is 0 Å². The summed E-state index contributed by atoms with van der Waals surface area (Å²) < 4.78 is 4.58. The third-order valence-corrected chi connectivity index (χ3v) is 2.36. The zero-order valence-corrected chi connectivity index (χ0v) is 9.19. The van der Waals surface area contributed by atoms with Crippen LogP contribution in [0.5, 0.6) is 0 Å². The molecule has 1 atom stereocenters. The number of hydrogen-bond donors (Lipinski definition) is 1. The minimum atomic E-state index is -0.567. The number of ether oxygens (including phenoxy) is 1. The Balaban J connectivity index is 2.67. The van der Waals surface area contributed by atoms with Gasteiger partial charge < -0.3 is 10.5 Å². The zero-order chi connectivity index (χ0) is 11.3. The van der Waals surface area contributed by atoms with Crippen molar-refractivity contribution in [2.24, 2.45) is 5.73 Å². The number of rotatable bonds is 4. The molecule has 0 aromatic heterocycles. The van der Waals surface area contributed by atoms with E-state index in [0.29, 0.717) is 6.42 Å². The first-order valence-electron chi connectivity index (χ1n) is 5.08. The molecule has 1 aromatic rings. The Hall–Kier alpha value is -1.35. The summed E-state index contributed by atoms with van der Waals surface area (Å²) in [6.45, 7) is 2.10. The summed E-state index contributed by atoms with van der Waals surface area (Å²) in [4.78, 5) is 11.1. The number of esters is 1. The Bertz CT molecular complexity index is 336. The molecule has 0 unspecified atom stereocenters. The monoisotopic (exact) mass is 207 g/mol. The van der Waals surface area contributed by atoms with Gasteiger partial charge in [-0.25, -0.2) is 0 Å². The number of methoxy groups -OCH3 is 1. The standard InChI is InChI=1S/C12H17NO2/c1-3-9-5-4-6-10(7-9)8-11(13)12(14)15-2/h4-7,11H,3,8,13H2,1-2H3/t11-/m0/s1. The lowest BCUT2D eigenvalue weighted by atomic mass is 10.0. The van der Waals surface area contributed by atoms with Gasteiger partial charge >= 0.3 is 5.97 Å². The molecule has 1 rings (SSSR count). The van der Waals surface area contributed by atoms with Gasteiger partial charge in [-0.05, 0) is 24.0 Å². The molecule has 0 bridgehead atoms. The quantitative estimate of drug-likeness (QED) is 0.757. The fraction of sp³-hybridized carbons (Fsp3) is 0.417. The lowest BCUT2D eigenvalue weighted by molar-refractivity contribution is -0.142. The van der Waals surface area contributed by atoms with E-state index in [2.05, 4.69) is 23.8 Å². The lowest BCUT2D eigenvalue weighted by Crippen LogP contribution is -2.33. The van der Waals surface area contributed by atoms with Crippen LogP contribution < -0.4 is 5.73 Å². The van der Waals surface area contributed by atoms with Crippen LogP contribution in [-0.2, 0) is 22.4 Å². The van der Waals surface area contributed by atoms with Crippen LogP contribution in [-0.4, -0.2) is 19.1 Å². The SMILES string of the molecule is CCc1cccc(C[C@H](N)C(=O)OC)c1. The molecule has 0 radical (unpaired) electrons. The van der Waals surface area contributed by atoms with Crippen molar-refractivity contribution in [1.82, 2.24) is 0 Å². The molecule has 3 heteroatoms. The van der Waals surface area contributed by atoms with Crippen LogP contribution in [0, 0.1) is 0 Å². The van der Waals surface area contributed by atoms with Gasteiger partial charge in [0.1, 0.15) is 6.04 Å². The Morgan fingerprint density at radius 3 is 2.73 bits per heavy atom. The number of hydrogen-bond acceptors (Lipinski definition) is 3. The largest absolute Gasteiger partial charge is 0.468 e. The molecule has 0 aliphatic heterocycles. The van der Waals surface area contributed by atoms with Gasteiger partial charge in [0.05, 0.1) is 7.11 Å². The molecule has 82 valence electrons. The Morgan fingerprint density at radius 2 is 2.13 bits per heavy atom. The fourth-order valence-corrected chi connectivity index (χ4v) is 1.47. The number of nitrogens with two attached hydrogens (primary N) is 1. The van der Waals surface area contributed by atoms with E-state index >= 15 is 0 Å². The predicted molar refractivity (Wildman–Crippen MR) is 59.5 cm³/mol. The van der Waals surface area contributed by atoms with Crippen LogP contribution in [0.4, 0.5) is 0 Å². The molecular formula is C12H17NO2. The average molecular weight is 207 g/mol. The van der Waals surface area contributed by atoms with Crippen molar-refractivity contribution in [3.8, 4) is 0 Å². The molecular weight excluding hydrogens is 190 g/mol. The molecule has 0 aliphatic carbocycles. The van der Waals surface area contributed by atoms with Crippen LogP contribution in [0.15, 0.2) is 24.3 Å². The van der Waals surface area contributed by atoms with Crippen LogP contribution >= 0.6 is 0 Å². The molecule has 15 heavy (non-hydrogen) atoms. The molecule has 2 N–H and O–H groups in total. The first kappa shape index (κ1) is 11.7. The molecule has 0 fully saturated rings. The summed E-state index contributed by atoms with van der Waals surface area (Å²) in [5.74, 6) is -0.364. The highest BCUT2D eigenvalue weighted by atomic mass is 16.5. The minimum Gasteiger partial charge on any atom is -0.468 e. The van der Waals surface area contributed by atoms with Crippen molar-refractivity contribution >= 4 is 5.97 Å². The maximum atomic E-state index is 11.1. The van der Waals surface area contributed by atoms with Crippen molar-refractivity contribution in [1.29, 1.82) is 0 Å². The maximum absolute atomic E-state index is 11.1. The normalized spacial score (nSPS) is 12.2. The van der Waals surface area contributed by atoms with Crippen molar-refractivity contribution < 1.29 is 9.53 Å². The maximum Gasteiger partial charge on any atom is 0.322 e. The van der Waals surface area contributed by atoms with E-state index in [1.165, 1.54) is 12.7 Å². The molecule has 1 aromatic carbocycles. The third kappa shape index (κ3) is 3.36. The Kier molecular flexibility index (Phi) is 4.31. The third-order valence-electron chi connectivity index (χ3n) is 2.36. The number of carbonyl (C=O) groups excluding carboxylic acids is 1. The average Bonchev–Trinajstić information content (AvgIpc) is 2.28. The molecule has 0 saturated carbocycles. The molecule has 0 amide bonds. The van der Waals surface area contributed by atoms with Gasteiger partial charge in [-0.2, -0.15) is 0 Å². The van der Waals surface area contributed by atoms with E-state index in [1.54, 1.807) is 0 Å². The van der Waals surface area contributed by atoms with E-state index in [1.807, 2.05) is 12.1 Å². The summed E-state index contributed by atoms with van der Waals surface area (Å²) in [6, 6.07) is 7.53. The molecule has 3 nitrogen and oxygen atoms in total. The van der Waals surface area contributed by atoms with Gasteiger partial charge in [0.15, 0.2) is 0 Å². The Labute approximate surface area is 90.2 Å². The van der Waals surface area contributed by atoms with Crippen LogP contribution in [0.25, 0.3) is 0 Å². The summed E-state index contributed by atoms with van der Waals surface area (Å²) in [5.41, 5.74) is 8.01. The van der Waals surface area contributed by atoms with E-state index < -0.39 is 6.04 Å². The van der Waals surface area contributed by atoms with Gasteiger partial charge in [-0.3, -0.25) is 4.79 Å². The second-order valence-electron chi connectivity index (χ2n) is 3.51. The highest BCUT2D eigenvalue weighted by Gasteiger charge is 2.13. The van der Waals surface area contributed by atoms with Gasteiger partial charge in [0, 0.05) is 0 Å². The first-order valence-corrected chi connectivity index (χ1v) is 5.08. The summed E-state index contributed by atoms with van der Waals surface area (Å²) in [5, 5.41) is 0. The smallest absolute Gasteiger partial charge is 0.322 e. The van der Waals surface area contributed by atoms with Gasteiger partial charge in [-0.1, -0.05) is 31.2 Å². The summed E-state index contributed by atoms with van der Waals surface area (Å²) in [6.07, 6.45) is 1.52. The Morgan fingerprint density at radius 1 is 1.47 bits per heavy atom. The van der Waals surface area contributed by atoms with E-state index in [4.69, 9.17) is 5.73 Å². The van der Waals surface area contributed by atoms with E-state index in [0.717, 1.165) is 12.0 Å². The number of aryl methyl sites for hydroxylation is 1. The van der Waals surface area contributed by atoms with Gasteiger partial charge in [0.25, 0.3) is 0 Å².